The van der Waals surface area contributed by atoms with Gasteiger partial charge in [0.15, 0.2) is 0 Å². The summed E-state index contributed by atoms with van der Waals surface area (Å²) in [7, 11) is 0. The highest BCUT2D eigenvalue weighted by molar-refractivity contribution is 5.83. The van der Waals surface area contributed by atoms with Crippen molar-refractivity contribution in [3.8, 4) is 11.3 Å². The van der Waals surface area contributed by atoms with Gasteiger partial charge in [0, 0.05) is 23.3 Å². The Kier molecular flexibility index (Phi) is 2.33. The summed E-state index contributed by atoms with van der Waals surface area (Å²) in [5.41, 5.74) is 4.33. The molecule has 0 aliphatic rings. The molecule has 2 aromatic heterocycles. The van der Waals surface area contributed by atoms with E-state index < -0.39 is 0 Å². The fourth-order valence-electron chi connectivity index (χ4n) is 1.87. The van der Waals surface area contributed by atoms with E-state index in [1.807, 2.05) is 37.5 Å². The number of rotatable bonds is 1. The van der Waals surface area contributed by atoms with Gasteiger partial charge in [-0.05, 0) is 36.8 Å². The standard InChI is InChI=1S/C15H12N2/c1-11-4-6-15(17-10-11)13-5-7-14-12(9-13)3-2-8-16-14/h2-10H,1H3. The molecule has 2 heteroatoms. The van der Waals surface area contributed by atoms with E-state index in [4.69, 9.17) is 0 Å². The number of nitrogens with zero attached hydrogens (tertiary/aromatic N) is 2. The van der Waals surface area contributed by atoms with Crippen LogP contribution in [0, 0.1) is 6.92 Å². The third kappa shape index (κ3) is 1.89. The molecule has 1 aromatic carbocycles. The number of fused-ring (bicyclic) bond motifs is 1. The number of aryl methyl sites for hydroxylation is 1. The van der Waals surface area contributed by atoms with Crippen LogP contribution >= 0.6 is 0 Å². The maximum Gasteiger partial charge on any atom is 0.0702 e. The fraction of sp³-hybridized carbons (Fsp3) is 0.0667. The first-order chi connectivity index (χ1) is 8.33. The van der Waals surface area contributed by atoms with Crippen molar-refractivity contribution in [3.63, 3.8) is 0 Å². The summed E-state index contributed by atoms with van der Waals surface area (Å²) in [5, 5.41) is 1.15. The summed E-state index contributed by atoms with van der Waals surface area (Å²) in [6.07, 6.45) is 3.70. The average molecular weight is 220 g/mol. The zero-order valence-corrected chi connectivity index (χ0v) is 9.59. The number of pyridine rings is 2. The Morgan fingerprint density at radius 3 is 2.71 bits per heavy atom. The highest BCUT2D eigenvalue weighted by atomic mass is 14.7. The Morgan fingerprint density at radius 2 is 1.88 bits per heavy atom. The van der Waals surface area contributed by atoms with Crippen LogP contribution in [0.4, 0.5) is 0 Å². The van der Waals surface area contributed by atoms with Gasteiger partial charge in [0.25, 0.3) is 0 Å². The summed E-state index contributed by atoms with van der Waals surface area (Å²) in [6, 6.07) is 14.4. The van der Waals surface area contributed by atoms with Crippen molar-refractivity contribution < 1.29 is 0 Å². The highest BCUT2D eigenvalue weighted by Crippen LogP contribution is 2.21. The lowest BCUT2D eigenvalue weighted by molar-refractivity contribution is 1.27. The summed E-state index contributed by atoms with van der Waals surface area (Å²) in [4.78, 5) is 8.74. The van der Waals surface area contributed by atoms with Crippen molar-refractivity contribution in [2.45, 2.75) is 6.92 Å². The Balaban J connectivity index is 2.14. The number of hydrogen-bond donors (Lipinski definition) is 0. The van der Waals surface area contributed by atoms with Crippen LogP contribution in [-0.4, -0.2) is 9.97 Å². The van der Waals surface area contributed by atoms with Gasteiger partial charge in [0.05, 0.1) is 11.2 Å². The van der Waals surface area contributed by atoms with Gasteiger partial charge in [0.1, 0.15) is 0 Å². The highest BCUT2D eigenvalue weighted by Gasteiger charge is 2.00. The van der Waals surface area contributed by atoms with Gasteiger partial charge in [-0.2, -0.15) is 0 Å². The van der Waals surface area contributed by atoms with Crippen LogP contribution in [0.25, 0.3) is 22.2 Å². The molecular weight excluding hydrogens is 208 g/mol. The predicted molar refractivity (Wildman–Crippen MR) is 69.7 cm³/mol. The Bertz CT molecular complexity index is 657. The van der Waals surface area contributed by atoms with E-state index in [0.29, 0.717) is 0 Å². The molecule has 0 fully saturated rings. The molecule has 3 aromatic rings. The van der Waals surface area contributed by atoms with Gasteiger partial charge < -0.3 is 0 Å². The largest absolute Gasteiger partial charge is 0.256 e. The van der Waals surface area contributed by atoms with Crippen molar-refractivity contribution in [1.82, 2.24) is 9.97 Å². The van der Waals surface area contributed by atoms with Crippen molar-refractivity contribution in [1.29, 1.82) is 0 Å². The van der Waals surface area contributed by atoms with Gasteiger partial charge in [-0.3, -0.25) is 9.97 Å². The third-order valence-electron chi connectivity index (χ3n) is 2.81. The maximum atomic E-state index is 4.43. The average Bonchev–Trinajstić information content (AvgIpc) is 2.39. The minimum atomic E-state index is 1.00. The summed E-state index contributed by atoms with van der Waals surface area (Å²) >= 11 is 0. The zero-order valence-electron chi connectivity index (χ0n) is 9.59. The summed E-state index contributed by atoms with van der Waals surface area (Å²) in [6.45, 7) is 2.04. The molecule has 0 aliphatic heterocycles. The van der Waals surface area contributed by atoms with Crippen molar-refractivity contribution >= 4 is 10.9 Å². The Labute approximate surface area is 100.0 Å². The minimum absolute atomic E-state index is 1.00. The molecule has 0 unspecified atom stereocenters. The molecule has 0 saturated carbocycles. The van der Waals surface area contributed by atoms with Crippen molar-refractivity contribution in [2.75, 3.05) is 0 Å². The number of hydrogen-bond acceptors (Lipinski definition) is 2. The second-order valence-corrected chi connectivity index (χ2v) is 4.13. The monoisotopic (exact) mass is 220 g/mol. The van der Waals surface area contributed by atoms with Crippen LogP contribution in [-0.2, 0) is 0 Å². The van der Waals surface area contributed by atoms with Gasteiger partial charge in [-0.25, -0.2) is 0 Å². The smallest absolute Gasteiger partial charge is 0.0702 e. The van der Waals surface area contributed by atoms with Gasteiger partial charge in [-0.15, -0.1) is 0 Å². The number of aromatic nitrogens is 2. The van der Waals surface area contributed by atoms with E-state index in [2.05, 4.69) is 34.2 Å². The summed E-state index contributed by atoms with van der Waals surface area (Å²) < 4.78 is 0. The van der Waals surface area contributed by atoms with E-state index in [0.717, 1.165) is 22.2 Å². The molecule has 3 rings (SSSR count). The molecular formula is C15H12N2. The van der Waals surface area contributed by atoms with E-state index in [1.54, 1.807) is 0 Å². The molecule has 2 heterocycles. The predicted octanol–water partition coefficient (Wildman–Crippen LogP) is 3.61. The first-order valence-electron chi connectivity index (χ1n) is 5.61. The molecule has 0 bridgehead atoms. The van der Waals surface area contributed by atoms with Gasteiger partial charge >= 0.3 is 0 Å². The van der Waals surface area contributed by atoms with Crippen molar-refractivity contribution in [2.24, 2.45) is 0 Å². The number of benzene rings is 1. The van der Waals surface area contributed by atoms with E-state index in [-0.39, 0.29) is 0 Å². The molecule has 2 nitrogen and oxygen atoms in total. The van der Waals surface area contributed by atoms with Gasteiger partial charge in [0.2, 0.25) is 0 Å². The van der Waals surface area contributed by atoms with E-state index >= 15 is 0 Å². The molecule has 82 valence electrons. The molecule has 0 radical (unpaired) electrons. The minimum Gasteiger partial charge on any atom is -0.256 e. The molecule has 0 aliphatic carbocycles. The van der Waals surface area contributed by atoms with Crippen LogP contribution in [0.5, 0.6) is 0 Å². The topological polar surface area (TPSA) is 25.8 Å². The summed E-state index contributed by atoms with van der Waals surface area (Å²) in [5.74, 6) is 0. The zero-order chi connectivity index (χ0) is 11.7. The van der Waals surface area contributed by atoms with Crippen molar-refractivity contribution in [3.05, 3.63) is 60.4 Å². The van der Waals surface area contributed by atoms with E-state index in [1.165, 1.54) is 5.56 Å². The van der Waals surface area contributed by atoms with Crippen LogP contribution in [0.15, 0.2) is 54.9 Å². The van der Waals surface area contributed by atoms with Gasteiger partial charge in [-0.1, -0.05) is 18.2 Å². The molecule has 0 amide bonds. The first-order valence-corrected chi connectivity index (χ1v) is 5.61. The van der Waals surface area contributed by atoms with Crippen LogP contribution in [0.2, 0.25) is 0 Å². The van der Waals surface area contributed by atoms with Crippen LogP contribution in [0.1, 0.15) is 5.56 Å². The molecule has 0 spiro atoms. The molecule has 0 N–H and O–H groups in total. The quantitative estimate of drug-likeness (QED) is 0.626. The lowest BCUT2D eigenvalue weighted by Gasteiger charge is -2.03. The van der Waals surface area contributed by atoms with Crippen LogP contribution in [0.3, 0.4) is 0 Å². The lowest BCUT2D eigenvalue weighted by atomic mass is 10.1. The molecule has 0 atom stereocenters. The SMILES string of the molecule is Cc1ccc(-c2ccc3ncccc3c2)nc1. The maximum absolute atomic E-state index is 4.43. The normalized spacial score (nSPS) is 10.6. The first kappa shape index (κ1) is 9.97. The second-order valence-electron chi connectivity index (χ2n) is 4.13. The molecule has 17 heavy (non-hydrogen) atoms. The van der Waals surface area contributed by atoms with Crippen LogP contribution < -0.4 is 0 Å². The fourth-order valence-corrected chi connectivity index (χ4v) is 1.87. The van der Waals surface area contributed by atoms with E-state index in [9.17, 15) is 0 Å². The molecule has 0 saturated heterocycles. The third-order valence-corrected chi connectivity index (χ3v) is 2.81. The second kappa shape index (κ2) is 3.98. The lowest BCUT2D eigenvalue weighted by Crippen LogP contribution is -1.85. The Hall–Kier alpha value is -2.22. The Morgan fingerprint density at radius 1 is 0.941 bits per heavy atom.